The third-order valence-electron chi connectivity index (χ3n) is 1.04. The molecule has 0 aliphatic carbocycles. The number of aliphatic hydroxyl groups excluding tert-OH is 1. The number of thiophene rings is 1. The van der Waals surface area contributed by atoms with Crippen LogP contribution in [0.2, 0.25) is 0 Å². The topological polar surface area (TPSA) is 20.2 Å². The first-order valence-electron chi connectivity index (χ1n) is 2.69. The van der Waals surface area contributed by atoms with Gasteiger partial charge in [0, 0.05) is 9.75 Å². The van der Waals surface area contributed by atoms with Gasteiger partial charge in [-0.25, -0.2) is 0 Å². The molecule has 0 radical (unpaired) electrons. The summed E-state index contributed by atoms with van der Waals surface area (Å²) < 4.78 is 0. The molecule has 1 aromatic rings. The van der Waals surface area contributed by atoms with Crippen molar-refractivity contribution in [2.45, 2.75) is 6.61 Å². The van der Waals surface area contributed by atoms with Gasteiger partial charge in [-0.3, -0.25) is 0 Å². The fourth-order valence-electron chi connectivity index (χ4n) is 0.589. The van der Waals surface area contributed by atoms with E-state index in [-0.39, 0.29) is 6.61 Å². The molecule has 0 bridgehead atoms. The van der Waals surface area contributed by atoms with Crippen molar-refractivity contribution >= 4 is 17.4 Å². The second-order valence-corrected chi connectivity index (χ2v) is 2.87. The van der Waals surface area contributed by atoms with E-state index in [4.69, 9.17) is 5.11 Å². The smallest absolute Gasteiger partial charge is 0.0774 e. The largest absolute Gasteiger partial charge is 0.391 e. The molecule has 0 saturated heterocycles. The van der Waals surface area contributed by atoms with E-state index in [0.29, 0.717) is 0 Å². The van der Waals surface area contributed by atoms with E-state index >= 15 is 0 Å². The lowest BCUT2D eigenvalue weighted by Gasteiger charge is -1.81. The second kappa shape index (κ2) is 2.80. The Hall–Kier alpha value is -0.600. The second-order valence-electron chi connectivity index (χ2n) is 1.67. The van der Waals surface area contributed by atoms with Crippen LogP contribution in [0.3, 0.4) is 0 Å². The van der Waals surface area contributed by atoms with E-state index in [1.165, 1.54) is 0 Å². The van der Waals surface area contributed by atoms with E-state index in [9.17, 15) is 0 Å². The number of hydrogen-bond acceptors (Lipinski definition) is 2. The van der Waals surface area contributed by atoms with Crippen molar-refractivity contribution in [3.05, 3.63) is 28.5 Å². The fourth-order valence-corrected chi connectivity index (χ4v) is 1.31. The van der Waals surface area contributed by atoms with Gasteiger partial charge in [0.05, 0.1) is 6.61 Å². The minimum absolute atomic E-state index is 0.137. The molecule has 0 spiro atoms. The molecule has 1 N–H and O–H groups in total. The summed E-state index contributed by atoms with van der Waals surface area (Å²) in [6, 6.07) is 3.85. The number of hydrogen-bond donors (Lipinski definition) is 1. The molecule has 1 aromatic heterocycles. The Bertz CT molecular complexity index is 202. The highest BCUT2D eigenvalue weighted by Crippen LogP contribution is 2.16. The molecule has 9 heavy (non-hydrogen) atoms. The van der Waals surface area contributed by atoms with Crippen LogP contribution in [0.25, 0.3) is 6.08 Å². The molecule has 0 atom stereocenters. The molecule has 0 unspecified atom stereocenters. The zero-order valence-electron chi connectivity index (χ0n) is 5.00. The summed E-state index contributed by atoms with van der Waals surface area (Å²) in [4.78, 5) is 2.10. The van der Waals surface area contributed by atoms with Crippen molar-refractivity contribution in [3.8, 4) is 0 Å². The summed E-state index contributed by atoms with van der Waals surface area (Å²) in [6.45, 7) is 3.74. The fraction of sp³-hybridized carbons (Fsp3) is 0.143. The van der Waals surface area contributed by atoms with Crippen molar-refractivity contribution in [1.29, 1.82) is 0 Å². The van der Waals surface area contributed by atoms with Gasteiger partial charge in [-0.05, 0) is 12.1 Å². The highest BCUT2D eigenvalue weighted by Gasteiger charge is 1.92. The van der Waals surface area contributed by atoms with Crippen LogP contribution in [0.1, 0.15) is 9.75 Å². The lowest BCUT2D eigenvalue weighted by molar-refractivity contribution is 0.285. The van der Waals surface area contributed by atoms with Crippen molar-refractivity contribution in [3.63, 3.8) is 0 Å². The third kappa shape index (κ3) is 1.40. The monoisotopic (exact) mass is 140 g/mol. The standard InChI is InChI=1S/C7H8OS/c1-2-6-3-4-7(5-8)9-6/h2-4,8H,1,5H2. The minimum atomic E-state index is 0.137. The van der Waals surface area contributed by atoms with Crippen LogP contribution in [0, 0.1) is 0 Å². The van der Waals surface area contributed by atoms with Crippen LogP contribution in [0.4, 0.5) is 0 Å². The Morgan fingerprint density at radius 3 is 2.78 bits per heavy atom. The summed E-state index contributed by atoms with van der Waals surface area (Å²) in [5.74, 6) is 0. The van der Waals surface area contributed by atoms with Crippen molar-refractivity contribution in [2.75, 3.05) is 0 Å². The molecule has 1 nitrogen and oxygen atoms in total. The van der Waals surface area contributed by atoms with Gasteiger partial charge < -0.3 is 5.11 Å². The van der Waals surface area contributed by atoms with Gasteiger partial charge in [-0.1, -0.05) is 12.7 Å². The molecule has 48 valence electrons. The van der Waals surface area contributed by atoms with Gasteiger partial charge in [-0.2, -0.15) is 0 Å². The Kier molecular flexibility index (Phi) is 2.03. The number of aliphatic hydroxyl groups is 1. The van der Waals surface area contributed by atoms with Gasteiger partial charge in [0.15, 0.2) is 0 Å². The van der Waals surface area contributed by atoms with Crippen LogP contribution < -0.4 is 0 Å². The molecule has 0 fully saturated rings. The third-order valence-corrected chi connectivity index (χ3v) is 2.11. The molecular formula is C7H8OS. The SMILES string of the molecule is C=Cc1ccc(CO)s1. The number of rotatable bonds is 2. The predicted octanol–water partition coefficient (Wildman–Crippen LogP) is 1.88. The van der Waals surface area contributed by atoms with E-state index < -0.39 is 0 Å². The molecule has 1 heterocycles. The molecule has 0 aliphatic heterocycles. The zero-order chi connectivity index (χ0) is 6.69. The molecule has 2 heteroatoms. The minimum Gasteiger partial charge on any atom is -0.391 e. The van der Waals surface area contributed by atoms with Crippen LogP contribution in [0.15, 0.2) is 18.7 Å². The van der Waals surface area contributed by atoms with E-state index in [1.807, 2.05) is 12.1 Å². The van der Waals surface area contributed by atoms with Crippen molar-refractivity contribution in [2.24, 2.45) is 0 Å². The molecule has 1 rings (SSSR count). The highest BCUT2D eigenvalue weighted by atomic mass is 32.1. The maximum atomic E-state index is 8.62. The first kappa shape index (κ1) is 6.52. The highest BCUT2D eigenvalue weighted by molar-refractivity contribution is 7.12. The predicted molar refractivity (Wildman–Crippen MR) is 40.3 cm³/mol. The molecule has 0 aromatic carbocycles. The lowest BCUT2D eigenvalue weighted by atomic mass is 10.4. The van der Waals surface area contributed by atoms with Gasteiger partial charge in [0.2, 0.25) is 0 Å². The van der Waals surface area contributed by atoms with Crippen molar-refractivity contribution in [1.82, 2.24) is 0 Å². The molecular weight excluding hydrogens is 132 g/mol. The average Bonchev–Trinajstić information content (AvgIpc) is 2.34. The average molecular weight is 140 g/mol. The lowest BCUT2D eigenvalue weighted by Crippen LogP contribution is -1.69. The van der Waals surface area contributed by atoms with Gasteiger partial charge >= 0.3 is 0 Å². The molecule has 0 amide bonds. The first-order chi connectivity index (χ1) is 4.36. The normalized spacial score (nSPS) is 9.44. The Morgan fingerprint density at radius 1 is 1.67 bits per heavy atom. The van der Waals surface area contributed by atoms with Crippen LogP contribution in [-0.2, 0) is 6.61 Å². The summed E-state index contributed by atoms with van der Waals surface area (Å²) in [5, 5.41) is 8.62. The first-order valence-corrected chi connectivity index (χ1v) is 3.50. The Balaban J connectivity index is 2.86. The van der Waals surface area contributed by atoms with Crippen LogP contribution >= 0.6 is 11.3 Å². The summed E-state index contributed by atoms with van der Waals surface area (Å²) >= 11 is 1.56. The van der Waals surface area contributed by atoms with Crippen LogP contribution in [-0.4, -0.2) is 5.11 Å². The van der Waals surface area contributed by atoms with Gasteiger partial charge in [0.1, 0.15) is 0 Å². The summed E-state index contributed by atoms with van der Waals surface area (Å²) in [5.41, 5.74) is 0. The van der Waals surface area contributed by atoms with Gasteiger partial charge in [-0.15, -0.1) is 11.3 Å². The quantitative estimate of drug-likeness (QED) is 0.665. The van der Waals surface area contributed by atoms with E-state index in [2.05, 4.69) is 6.58 Å². The Labute approximate surface area is 58.3 Å². The molecule has 0 aliphatic rings. The Morgan fingerprint density at radius 2 is 2.44 bits per heavy atom. The summed E-state index contributed by atoms with van der Waals surface area (Å²) in [6.07, 6.45) is 1.78. The molecule has 0 saturated carbocycles. The maximum Gasteiger partial charge on any atom is 0.0774 e. The van der Waals surface area contributed by atoms with E-state index in [0.717, 1.165) is 9.75 Å². The van der Waals surface area contributed by atoms with Gasteiger partial charge in [0.25, 0.3) is 0 Å². The van der Waals surface area contributed by atoms with Crippen molar-refractivity contribution < 1.29 is 5.11 Å². The maximum absolute atomic E-state index is 8.62. The van der Waals surface area contributed by atoms with Crippen LogP contribution in [0.5, 0.6) is 0 Å². The van der Waals surface area contributed by atoms with E-state index in [1.54, 1.807) is 17.4 Å². The summed E-state index contributed by atoms with van der Waals surface area (Å²) in [7, 11) is 0. The zero-order valence-corrected chi connectivity index (χ0v) is 5.82.